The first-order valence-corrected chi connectivity index (χ1v) is 7.86. The molecular formula is C16H20ClFN2O. The molecule has 1 aliphatic rings. The van der Waals surface area contributed by atoms with Gasteiger partial charge in [0.05, 0.1) is 28.6 Å². The lowest BCUT2D eigenvalue weighted by Crippen LogP contribution is -2.22. The lowest BCUT2D eigenvalue weighted by molar-refractivity contribution is 0.0736. The zero-order chi connectivity index (χ0) is 15.1. The van der Waals surface area contributed by atoms with E-state index in [9.17, 15) is 4.39 Å². The van der Waals surface area contributed by atoms with E-state index in [0.717, 1.165) is 30.8 Å². The molecule has 3 rings (SSSR count). The van der Waals surface area contributed by atoms with Crippen molar-refractivity contribution in [3.8, 4) is 0 Å². The SMILES string of the molecule is Cc1cc2c(cc1F)nc(C(C)Cl)n2C(C)C1CCCO1. The highest BCUT2D eigenvalue weighted by Gasteiger charge is 2.28. The maximum atomic E-state index is 13.8. The van der Waals surface area contributed by atoms with Crippen molar-refractivity contribution >= 4 is 22.6 Å². The van der Waals surface area contributed by atoms with Crippen molar-refractivity contribution in [3.63, 3.8) is 0 Å². The van der Waals surface area contributed by atoms with Gasteiger partial charge in [-0.15, -0.1) is 11.6 Å². The van der Waals surface area contributed by atoms with Crippen LogP contribution in [0.1, 0.15) is 49.5 Å². The molecule has 1 aromatic carbocycles. The first kappa shape index (κ1) is 14.8. The third kappa shape index (κ3) is 2.55. The number of hydrogen-bond acceptors (Lipinski definition) is 2. The Bertz CT molecular complexity index is 662. The molecule has 3 atom stereocenters. The monoisotopic (exact) mass is 310 g/mol. The minimum absolute atomic E-state index is 0.138. The fourth-order valence-corrected chi connectivity index (χ4v) is 3.25. The fraction of sp³-hybridized carbons (Fsp3) is 0.562. The Kier molecular flexibility index (Phi) is 3.93. The molecule has 2 aromatic rings. The lowest BCUT2D eigenvalue weighted by atomic mass is 10.1. The van der Waals surface area contributed by atoms with Crippen LogP contribution in [0.25, 0.3) is 11.0 Å². The van der Waals surface area contributed by atoms with Crippen molar-refractivity contribution in [2.45, 2.75) is 51.1 Å². The van der Waals surface area contributed by atoms with Gasteiger partial charge in [0.2, 0.25) is 0 Å². The first-order valence-electron chi connectivity index (χ1n) is 7.42. The molecule has 1 aliphatic heterocycles. The molecule has 0 bridgehead atoms. The molecule has 0 radical (unpaired) electrons. The third-order valence-electron chi connectivity index (χ3n) is 4.26. The van der Waals surface area contributed by atoms with Gasteiger partial charge in [0.15, 0.2) is 0 Å². The Morgan fingerprint density at radius 1 is 1.43 bits per heavy atom. The number of fused-ring (bicyclic) bond motifs is 1. The number of alkyl halides is 1. The van der Waals surface area contributed by atoms with Crippen molar-refractivity contribution in [2.75, 3.05) is 6.61 Å². The number of benzene rings is 1. The predicted molar refractivity (Wildman–Crippen MR) is 82.4 cm³/mol. The van der Waals surface area contributed by atoms with Crippen LogP contribution in [0.2, 0.25) is 0 Å². The van der Waals surface area contributed by atoms with Crippen LogP contribution in [-0.4, -0.2) is 22.3 Å². The number of rotatable bonds is 3. The van der Waals surface area contributed by atoms with Crippen LogP contribution in [0, 0.1) is 12.7 Å². The second-order valence-corrected chi connectivity index (χ2v) is 6.49. The van der Waals surface area contributed by atoms with Gasteiger partial charge in [0, 0.05) is 12.7 Å². The molecule has 5 heteroatoms. The molecule has 2 heterocycles. The standard InChI is InChI=1S/C16H20ClFN2O/c1-9-7-14-13(8-12(9)18)19-16(10(2)17)20(14)11(3)15-5-4-6-21-15/h7-8,10-11,15H,4-6H2,1-3H3. The zero-order valence-electron chi connectivity index (χ0n) is 12.6. The van der Waals surface area contributed by atoms with E-state index in [1.54, 1.807) is 6.92 Å². The van der Waals surface area contributed by atoms with Crippen molar-refractivity contribution in [1.82, 2.24) is 9.55 Å². The number of nitrogens with zero attached hydrogens (tertiary/aromatic N) is 2. The van der Waals surface area contributed by atoms with E-state index in [1.807, 2.05) is 13.0 Å². The Morgan fingerprint density at radius 2 is 2.19 bits per heavy atom. The summed E-state index contributed by atoms with van der Waals surface area (Å²) >= 11 is 6.29. The van der Waals surface area contributed by atoms with E-state index in [4.69, 9.17) is 16.3 Å². The zero-order valence-corrected chi connectivity index (χ0v) is 13.3. The summed E-state index contributed by atoms with van der Waals surface area (Å²) in [6, 6.07) is 3.48. The molecule has 0 N–H and O–H groups in total. The van der Waals surface area contributed by atoms with Gasteiger partial charge in [-0.2, -0.15) is 0 Å². The van der Waals surface area contributed by atoms with E-state index < -0.39 is 0 Å². The summed E-state index contributed by atoms with van der Waals surface area (Å²) < 4.78 is 21.7. The number of hydrogen-bond donors (Lipinski definition) is 0. The Hall–Kier alpha value is -1.13. The Labute approximate surface area is 129 Å². The van der Waals surface area contributed by atoms with Gasteiger partial charge in [0.1, 0.15) is 11.6 Å². The van der Waals surface area contributed by atoms with Crippen LogP contribution in [-0.2, 0) is 4.74 Å². The van der Waals surface area contributed by atoms with E-state index in [2.05, 4.69) is 16.5 Å². The first-order chi connectivity index (χ1) is 9.99. The number of halogens is 2. The molecule has 0 spiro atoms. The summed E-state index contributed by atoms with van der Waals surface area (Å²) in [6.45, 7) is 6.59. The van der Waals surface area contributed by atoms with Crippen LogP contribution in [0.3, 0.4) is 0 Å². The van der Waals surface area contributed by atoms with Crippen LogP contribution in [0.5, 0.6) is 0 Å². The quantitative estimate of drug-likeness (QED) is 0.779. The Balaban J connectivity index is 2.17. The smallest absolute Gasteiger partial charge is 0.128 e. The highest BCUT2D eigenvalue weighted by Crippen LogP contribution is 2.33. The molecule has 114 valence electrons. The summed E-state index contributed by atoms with van der Waals surface area (Å²) in [5.41, 5.74) is 2.21. The molecule has 21 heavy (non-hydrogen) atoms. The van der Waals surface area contributed by atoms with Gasteiger partial charge >= 0.3 is 0 Å². The Morgan fingerprint density at radius 3 is 2.81 bits per heavy atom. The number of aryl methyl sites for hydroxylation is 1. The molecule has 3 unspecified atom stereocenters. The summed E-state index contributed by atoms with van der Waals surface area (Å²) in [5.74, 6) is 0.547. The molecule has 1 aromatic heterocycles. The van der Waals surface area contributed by atoms with Gasteiger partial charge in [-0.3, -0.25) is 0 Å². The minimum Gasteiger partial charge on any atom is -0.376 e. The average Bonchev–Trinajstić information content (AvgIpc) is 3.06. The number of ether oxygens (including phenoxy) is 1. The molecule has 0 amide bonds. The topological polar surface area (TPSA) is 27.1 Å². The van der Waals surface area contributed by atoms with Crippen molar-refractivity contribution in [1.29, 1.82) is 0 Å². The maximum Gasteiger partial charge on any atom is 0.128 e. The van der Waals surface area contributed by atoms with Gasteiger partial charge < -0.3 is 9.30 Å². The van der Waals surface area contributed by atoms with Crippen LogP contribution in [0.15, 0.2) is 12.1 Å². The van der Waals surface area contributed by atoms with Gasteiger partial charge in [-0.05, 0) is 45.2 Å². The van der Waals surface area contributed by atoms with E-state index in [1.165, 1.54) is 6.07 Å². The molecular weight excluding hydrogens is 291 g/mol. The van der Waals surface area contributed by atoms with E-state index >= 15 is 0 Å². The summed E-state index contributed by atoms with van der Waals surface area (Å²) in [7, 11) is 0. The van der Waals surface area contributed by atoms with E-state index in [0.29, 0.717) is 11.1 Å². The molecule has 1 fully saturated rings. The van der Waals surface area contributed by atoms with Gasteiger partial charge in [-0.1, -0.05) is 0 Å². The highest BCUT2D eigenvalue weighted by atomic mass is 35.5. The minimum atomic E-state index is -0.232. The third-order valence-corrected chi connectivity index (χ3v) is 4.46. The van der Waals surface area contributed by atoms with Crippen LogP contribution < -0.4 is 0 Å². The van der Waals surface area contributed by atoms with Crippen LogP contribution >= 0.6 is 11.6 Å². The fourth-order valence-electron chi connectivity index (χ4n) is 3.10. The summed E-state index contributed by atoms with van der Waals surface area (Å²) in [5, 5.41) is -0.232. The summed E-state index contributed by atoms with van der Waals surface area (Å²) in [4.78, 5) is 4.54. The molecule has 0 aliphatic carbocycles. The van der Waals surface area contributed by atoms with Gasteiger partial charge in [-0.25, -0.2) is 9.37 Å². The van der Waals surface area contributed by atoms with Crippen LogP contribution in [0.4, 0.5) is 4.39 Å². The number of imidazole rings is 1. The largest absolute Gasteiger partial charge is 0.376 e. The van der Waals surface area contributed by atoms with Gasteiger partial charge in [0.25, 0.3) is 0 Å². The molecule has 0 saturated carbocycles. The second kappa shape index (κ2) is 5.58. The maximum absolute atomic E-state index is 13.8. The van der Waals surface area contributed by atoms with Crippen molar-refractivity contribution in [3.05, 3.63) is 29.3 Å². The molecule has 1 saturated heterocycles. The second-order valence-electron chi connectivity index (χ2n) is 5.84. The van der Waals surface area contributed by atoms with E-state index in [-0.39, 0.29) is 23.3 Å². The van der Waals surface area contributed by atoms with Crippen molar-refractivity contribution in [2.24, 2.45) is 0 Å². The average molecular weight is 311 g/mol. The number of aromatic nitrogens is 2. The lowest BCUT2D eigenvalue weighted by Gasteiger charge is -2.23. The predicted octanol–water partition coefficient (Wildman–Crippen LogP) is 4.52. The normalized spacial score (nSPS) is 21.9. The molecule has 3 nitrogen and oxygen atoms in total. The van der Waals surface area contributed by atoms with Crippen molar-refractivity contribution < 1.29 is 9.13 Å². The highest BCUT2D eigenvalue weighted by molar-refractivity contribution is 6.20. The summed E-state index contributed by atoms with van der Waals surface area (Å²) in [6.07, 6.45) is 2.29.